The molecule has 271 valence electrons. The summed E-state index contributed by atoms with van der Waals surface area (Å²) in [6.45, 7) is 1.18. The van der Waals surface area contributed by atoms with Gasteiger partial charge in [0.15, 0.2) is 0 Å². The minimum absolute atomic E-state index is 0. The van der Waals surface area contributed by atoms with Gasteiger partial charge >= 0.3 is 0 Å². The molecule has 4 aromatic carbocycles. The Morgan fingerprint density at radius 1 is 0.759 bits per heavy atom. The number of aryl methyl sites for hydroxylation is 4. The number of thiophene rings is 1. The van der Waals surface area contributed by atoms with Gasteiger partial charge in [-0.3, -0.25) is 4.98 Å². The molecule has 0 unspecified atom stereocenters. The van der Waals surface area contributed by atoms with Crippen LogP contribution in [-0.2, 0) is 26.5 Å². The molecule has 0 aliphatic rings. The fourth-order valence-electron chi connectivity index (χ4n) is 6.45. The Hall–Kier alpha value is -4.78. The molecular formula is C47H41IrN3OSSi-2. The van der Waals surface area contributed by atoms with Crippen LogP contribution in [0.15, 0.2) is 114 Å². The molecule has 0 fully saturated rings. The maximum absolute atomic E-state index is 8.71. The van der Waals surface area contributed by atoms with Crippen LogP contribution in [0.1, 0.15) is 48.7 Å². The van der Waals surface area contributed by atoms with E-state index in [1.807, 2.05) is 42.6 Å². The minimum atomic E-state index is -2.71. The molecule has 0 bridgehead atoms. The second kappa shape index (κ2) is 15.2. The Morgan fingerprint density at radius 3 is 2.31 bits per heavy atom. The van der Waals surface area contributed by atoms with E-state index < -0.39 is 40.7 Å². The normalized spacial score (nSPS) is 15.5. The number of hydrogen-bond acceptors (Lipinski definition) is 5. The van der Waals surface area contributed by atoms with E-state index in [1.54, 1.807) is 66.8 Å². The third-order valence-electron chi connectivity index (χ3n) is 9.14. The van der Waals surface area contributed by atoms with Gasteiger partial charge in [-0.1, -0.05) is 116 Å². The largest absolute Gasteiger partial charge is 0.499 e. The van der Waals surface area contributed by atoms with Crippen LogP contribution < -0.4 is 5.19 Å². The summed E-state index contributed by atoms with van der Waals surface area (Å²) in [6, 6.07) is 35.1. The molecule has 0 saturated heterocycles. The number of hydrogen-bond donors (Lipinski definition) is 0. The summed E-state index contributed by atoms with van der Waals surface area (Å²) in [6.07, 6.45) is 1.66. The van der Waals surface area contributed by atoms with Crippen molar-refractivity contribution in [1.29, 1.82) is 0 Å². The zero-order valence-corrected chi connectivity index (χ0v) is 34.1. The monoisotopic (exact) mass is 927 g/mol. The maximum Gasteiger partial charge on any atom is 0.142 e. The molecule has 7 heteroatoms. The fourth-order valence-corrected chi connectivity index (χ4v) is 8.72. The topological polar surface area (TPSA) is 51.8 Å². The number of nitrogens with zero attached hydrogens (tertiary/aromatic N) is 3. The number of benzene rings is 4. The zero-order chi connectivity index (χ0) is 46.1. The first kappa shape index (κ1) is 26.1. The van der Waals surface area contributed by atoms with Gasteiger partial charge in [-0.05, 0) is 76.1 Å². The van der Waals surface area contributed by atoms with Gasteiger partial charge in [-0.25, -0.2) is 0 Å². The summed E-state index contributed by atoms with van der Waals surface area (Å²) >= 11 is 1.61. The smallest absolute Gasteiger partial charge is 0.142 e. The summed E-state index contributed by atoms with van der Waals surface area (Å²) < 4.78 is 96.6. The van der Waals surface area contributed by atoms with Gasteiger partial charge in [0, 0.05) is 63.4 Å². The molecule has 54 heavy (non-hydrogen) atoms. The van der Waals surface area contributed by atoms with E-state index in [9.17, 15) is 0 Å². The summed E-state index contributed by atoms with van der Waals surface area (Å²) in [5.74, 6) is 0. The Morgan fingerprint density at radius 2 is 1.56 bits per heavy atom. The molecule has 0 N–H and O–H groups in total. The molecule has 0 aliphatic carbocycles. The molecule has 4 nitrogen and oxygen atoms in total. The second-order valence-corrected chi connectivity index (χ2v) is 20.0. The maximum atomic E-state index is 8.71. The standard InChI is InChI=1S/C26H21N2O.C21H20NSSi.Ir/c1-16-9-10-21(26-24(16)22-13-17(2)28-18(3)25(22)29-26)23-15-20(11-12-27-23)14-19-7-5-4-6-8-19;1-14-9-11-16(18-12-10-15(13-22-18)24(2,3)4)21-20(14)17-7-5-6-8-19(17)23-21;/h4-9,11-13,15H,14H2,1-3H3;5-10,12-13H,1-4H3;/q2*-1;/i2D3,3D3,14D2;1D3;. The van der Waals surface area contributed by atoms with Gasteiger partial charge in [-0.2, -0.15) is 11.3 Å². The van der Waals surface area contributed by atoms with Gasteiger partial charge in [0.1, 0.15) is 5.58 Å². The van der Waals surface area contributed by atoms with Crippen molar-refractivity contribution < 1.29 is 39.6 Å². The molecule has 0 amide bonds. The van der Waals surface area contributed by atoms with Gasteiger partial charge in [0.05, 0.1) is 19.4 Å². The van der Waals surface area contributed by atoms with Crippen molar-refractivity contribution in [2.75, 3.05) is 0 Å². The van der Waals surface area contributed by atoms with E-state index in [-0.39, 0.29) is 37.0 Å². The van der Waals surface area contributed by atoms with Crippen LogP contribution in [0.4, 0.5) is 0 Å². The molecule has 0 atom stereocenters. The van der Waals surface area contributed by atoms with E-state index in [1.165, 1.54) is 17.4 Å². The average molecular weight is 927 g/mol. The fraction of sp³-hybridized carbons (Fsp3) is 0.170. The SMILES string of the molecule is [2H]C([2H])([2H])c1c[c-]c(-c2ccc([Si](C)(C)C)cn2)c2sc3ccccc3c12.[2H]C([2H])([2H])c1cc2c(oc3c(-c4cc(C([2H])([2H])c5ccccc5)ccn4)[c-]cc(C)c32)c(C([2H])([2H])[2H])n1.[Ir]. The van der Waals surface area contributed by atoms with E-state index in [4.69, 9.17) is 24.5 Å². The second-order valence-electron chi connectivity index (χ2n) is 13.9. The molecule has 9 rings (SSSR count). The van der Waals surface area contributed by atoms with Crippen LogP contribution in [0.25, 0.3) is 64.6 Å². The molecule has 1 radical (unpaired) electrons. The number of furan rings is 1. The first-order valence-electron chi connectivity index (χ1n) is 22.6. The van der Waals surface area contributed by atoms with E-state index in [0.29, 0.717) is 44.3 Å². The summed E-state index contributed by atoms with van der Waals surface area (Å²) in [5.41, 5.74) is 3.89. The summed E-state index contributed by atoms with van der Waals surface area (Å²) in [7, 11) is -1.42. The van der Waals surface area contributed by atoms with Gasteiger partial charge < -0.3 is 14.4 Å². The first-order valence-corrected chi connectivity index (χ1v) is 21.4. The van der Waals surface area contributed by atoms with Crippen LogP contribution in [0.2, 0.25) is 19.6 Å². The van der Waals surface area contributed by atoms with Crippen molar-refractivity contribution >= 4 is 66.7 Å². The van der Waals surface area contributed by atoms with Crippen molar-refractivity contribution in [1.82, 2.24) is 15.0 Å². The third-order valence-corrected chi connectivity index (χ3v) is 12.4. The van der Waals surface area contributed by atoms with Crippen LogP contribution in [0, 0.1) is 39.6 Å². The van der Waals surface area contributed by atoms with E-state index >= 15 is 0 Å². The molecule has 9 aromatic rings. The van der Waals surface area contributed by atoms with Crippen LogP contribution in [-0.4, -0.2) is 23.0 Å². The Bertz CT molecular complexity index is 3210. The van der Waals surface area contributed by atoms with Crippen LogP contribution >= 0.6 is 11.3 Å². The quantitative estimate of drug-likeness (QED) is 0.127. The number of aromatic nitrogens is 3. The number of fused-ring (bicyclic) bond motifs is 6. The molecule has 5 aromatic heterocycles. The number of pyridine rings is 3. The van der Waals surface area contributed by atoms with Crippen molar-refractivity contribution in [3.05, 3.63) is 155 Å². The third kappa shape index (κ3) is 7.22. The van der Waals surface area contributed by atoms with Crippen molar-refractivity contribution in [3.63, 3.8) is 0 Å². The molecular weight excluding hydrogens is 875 g/mol. The molecule has 5 heterocycles. The van der Waals surface area contributed by atoms with E-state index in [0.717, 1.165) is 31.4 Å². The Labute approximate surface area is 351 Å². The molecule has 0 aliphatic heterocycles. The molecule has 0 saturated carbocycles. The van der Waals surface area contributed by atoms with Gasteiger partial charge in [-0.15, -0.1) is 41.0 Å². The van der Waals surface area contributed by atoms with E-state index in [2.05, 4.69) is 47.8 Å². The predicted octanol–water partition coefficient (Wildman–Crippen LogP) is 12.1. The first-order chi connectivity index (χ1) is 29.9. The zero-order valence-electron chi connectivity index (χ0n) is 40.9. The van der Waals surface area contributed by atoms with Crippen LogP contribution in [0.5, 0.6) is 0 Å². The molecule has 0 spiro atoms. The average Bonchev–Trinajstić information content (AvgIpc) is 3.82. The van der Waals surface area contributed by atoms with Gasteiger partial charge in [0.2, 0.25) is 0 Å². The van der Waals surface area contributed by atoms with Crippen molar-refractivity contribution in [3.8, 4) is 22.5 Å². The van der Waals surface area contributed by atoms with Gasteiger partial charge in [0.25, 0.3) is 0 Å². The summed E-state index contributed by atoms with van der Waals surface area (Å²) in [4.78, 5) is 13.1. The number of rotatable bonds is 5. The van der Waals surface area contributed by atoms with Crippen molar-refractivity contribution in [2.24, 2.45) is 0 Å². The summed E-state index contributed by atoms with van der Waals surface area (Å²) in [5, 5.41) is 3.95. The predicted molar refractivity (Wildman–Crippen MR) is 226 cm³/mol. The Balaban J connectivity index is 0.000000200. The van der Waals surface area contributed by atoms with Crippen molar-refractivity contribution in [2.45, 2.75) is 53.5 Å². The minimum Gasteiger partial charge on any atom is -0.499 e. The van der Waals surface area contributed by atoms with Crippen LogP contribution in [0.3, 0.4) is 0 Å². The Kier molecular flexibility index (Phi) is 7.32.